The lowest BCUT2D eigenvalue weighted by atomic mass is 10.1. The molecule has 0 saturated heterocycles. The van der Waals surface area contributed by atoms with Crippen molar-refractivity contribution in [3.05, 3.63) is 36.5 Å². The number of hydrogen-bond acceptors (Lipinski definition) is 7. The number of ether oxygens (including phenoxy) is 2. The van der Waals surface area contributed by atoms with Crippen molar-refractivity contribution in [1.82, 2.24) is 34.7 Å². The number of methoxy groups -OCH3 is 1. The largest absolute Gasteiger partial charge is 0.480 e. The van der Waals surface area contributed by atoms with Crippen LogP contribution in [0, 0.1) is 0 Å². The van der Waals surface area contributed by atoms with Crippen LogP contribution >= 0.6 is 0 Å². The molecule has 9 nitrogen and oxygen atoms in total. The first kappa shape index (κ1) is 22.7. The molecule has 4 heterocycles. The van der Waals surface area contributed by atoms with E-state index in [1.165, 1.54) is 0 Å². The summed E-state index contributed by atoms with van der Waals surface area (Å²) < 4.78 is 13.1. The number of H-pyrrole nitrogens is 1. The van der Waals surface area contributed by atoms with Gasteiger partial charge in [0.25, 0.3) is 0 Å². The van der Waals surface area contributed by atoms with Gasteiger partial charge in [-0.05, 0) is 36.1 Å². The van der Waals surface area contributed by atoms with Crippen LogP contribution in [-0.4, -0.2) is 57.9 Å². The van der Waals surface area contributed by atoms with Gasteiger partial charge in [-0.1, -0.05) is 20.8 Å². The normalized spacial score (nSPS) is 14.1. The Morgan fingerprint density at radius 2 is 2.06 bits per heavy atom. The lowest BCUT2D eigenvalue weighted by Gasteiger charge is -2.16. The highest BCUT2D eigenvalue weighted by atomic mass is 28.2. The van der Waals surface area contributed by atoms with Crippen LogP contribution in [0.2, 0.25) is 11.1 Å². The van der Waals surface area contributed by atoms with Crippen LogP contribution in [0.1, 0.15) is 45.2 Å². The molecule has 1 aliphatic rings. The van der Waals surface area contributed by atoms with Crippen molar-refractivity contribution in [3.8, 4) is 28.7 Å². The number of rotatable bonds is 9. The summed E-state index contributed by atoms with van der Waals surface area (Å²) in [7, 11) is 2.50. The molecule has 34 heavy (non-hydrogen) atoms. The second-order valence-electron chi connectivity index (χ2n) is 9.55. The average molecular weight is 476 g/mol. The minimum Gasteiger partial charge on any atom is -0.480 e. The van der Waals surface area contributed by atoms with Crippen molar-refractivity contribution >= 4 is 20.6 Å². The number of nitrogens with zero attached hydrogens (tertiary/aromatic N) is 6. The van der Waals surface area contributed by atoms with E-state index in [2.05, 4.69) is 45.8 Å². The minimum absolute atomic E-state index is 0.360. The molecule has 176 valence electrons. The van der Waals surface area contributed by atoms with Crippen LogP contribution in [0.5, 0.6) is 5.88 Å². The number of aromatic nitrogens is 7. The van der Waals surface area contributed by atoms with Gasteiger partial charge in [0.05, 0.1) is 18.5 Å². The quantitative estimate of drug-likeness (QED) is 0.281. The zero-order valence-corrected chi connectivity index (χ0v) is 21.0. The van der Waals surface area contributed by atoms with Crippen LogP contribution in [0.15, 0.2) is 30.9 Å². The molecule has 0 amide bonds. The number of fused-ring (bicyclic) bond motifs is 1. The van der Waals surface area contributed by atoms with Gasteiger partial charge < -0.3 is 14.5 Å². The summed E-state index contributed by atoms with van der Waals surface area (Å²) in [6.07, 6.45) is 7.53. The van der Waals surface area contributed by atoms with Gasteiger partial charge in [-0.15, -0.1) is 0 Å². The summed E-state index contributed by atoms with van der Waals surface area (Å²) in [4.78, 5) is 21.6. The topological polar surface area (TPSA) is 104 Å². The SMILES string of the molecule is COc1ncnc(C2CC2)c1-c1ncc2cc(-c3ccn(COCC[Si]C(C)(C)C)n3)[nH]c2n1. The number of nitrogens with one attached hydrogen (secondary N) is 1. The Hall–Kier alpha value is -3.11. The Kier molecular flexibility index (Phi) is 6.18. The second kappa shape index (κ2) is 9.26. The average Bonchev–Trinajstić information content (AvgIpc) is 3.40. The van der Waals surface area contributed by atoms with E-state index in [9.17, 15) is 0 Å². The first-order chi connectivity index (χ1) is 16.4. The zero-order valence-electron chi connectivity index (χ0n) is 20.0. The highest BCUT2D eigenvalue weighted by Crippen LogP contribution is 2.44. The summed E-state index contributed by atoms with van der Waals surface area (Å²) in [6, 6.07) is 5.05. The first-order valence-electron chi connectivity index (χ1n) is 11.5. The summed E-state index contributed by atoms with van der Waals surface area (Å²) >= 11 is 0. The Labute approximate surface area is 201 Å². The fraction of sp³-hybridized carbons (Fsp3) is 0.458. The molecule has 1 N–H and O–H groups in total. The zero-order chi connectivity index (χ0) is 23.7. The molecule has 10 heteroatoms. The van der Waals surface area contributed by atoms with Gasteiger partial charge in [0.15, 0.2) is 5.82 Å². The molecule has 0 aromatic carbocycles. The van der Waals surface area contributed by atoms with Gasteiger partial charge in [0.1, 0.15) is 30.0 Å². The fourth-order valence-corrected chi connectivity index (χ4v) is 4.82. The smallest absolute Gasteiger partial charge is 0.227 e. The Balaban J connectivity index is 1.33. The maximum atomic E-state index is 5.80. The van der Waals surface area contributed by atoms with E-state index in [-0.39, 0.29) is 0 Å². The lowest BCUT2D eigenvalue weighted by molar-refractivity contribution is 0.0791. The standard InChI is InChI=1S/C24H29N7O2Si/c1-24(2,3)34-10-9-33-14-31-8-7-17(30-31)18-11-16-12-25-22(29-21(16)28-18)19-20(15-5-6-15)26-13-27-23(19)32-4/h7-8,11-13,15H,5-6,9-10,14H2,1-4H3,(H,25,28,29). The minimum atomic E-state index is 0.360. The van der Waals surface area contributed by atoms with Crippen molar-refractivity contribution in [2.45, 2.75) is 57.3 Å². The van der Waals surface area contributed by atoms with Gasteiger partial charge in [0.2, 0.25) is 5.88 Å². The van der Waals surface area contributed by atoms with E-state index in [4.69, 9.17) is 14.5 Å². The molecule has 0 bridgehead atoms. The molecule has 5 rings (SSSR count). The van der Waals surface area contributed by atoms with Crippen LogP contribution in [-0.2, 0) is 11.5 Å². The Morgan fingerprint density at radius 1 is 1.21 bits per heavy atom. The van der Waals surface area contributed by atoms with E-state index >= 15 is 0 Å². The first-order valence-corrected chi connectivity index (χ1v) is 12.7. The van der Waals surface area contributed by atoms with Crippen LogP contribution in [0.3, 0.4) is 0 Å². The third-order valence-electron chi connectivity index (χ3n) is 5.63. The fourth-order valence-electron chi connectivity index (χ4n) is 3.82. The highest BCUT2D eigenvalue weighted by molar-refractivity contribution is 6.39. The van der Waals surface area contributed by atoms with Crippen molar-refractivity contribution in [1.29, 1.82) is 0 Å². The third-order valence-corrected chi connectivity index (χ3v) is 7.15. The number of aromatic amines is 1. The van der Waals surface area contributed by atoms with Crippen molar-refractivity contribution < 1.29 is 9.47 Å². The predicted molar refractivity (Wildman–Crippen MR) is 131 cm³/mol. The Morgan fingerprint density at radius 3 is 2.82 bits per heavy atom. The summed E-state index contributed by atoms with van der Waals surface area (Å²) in [6.45, 7) is 7.96. The van der Waals surface area contributed by atoms with Gasteiger partial charge in [-0.3, -0.25) is 0 Å². The van der Waals surface area contributed by atoms with Crippen LogP contribution < -0.4 is 4.74 Å². The van der Waals surface area contributed by atoms with E-state index in [0.717, 1.165) is 68.7 Å². The highest BCUT2D eigenvalue weighted by Gasteiger charge is 2.31. The van der Waals surface area contributed by atoms with E-state index in [1.54, 1.807) is 13.4 Å². The second-order valence-corrected chi connectivity index (χ2v) is 11.9. The monoisotopic (exact) mass is 475 g/mol. The predicted octanol–water partition coefficient (Wildman–Crippen LogP) is 4.48. The third kappa shape index (κ3) is 5.02. The van der Waals surface area contributed by atoms with Gasteiger partial charge in [-0.2, -0.15) is 5.10 Å². The van der Waals surface area contributed by atoms with Crippen LogP contribution in [0.25, 0.3) is 33.8 Å². The van der Waals surface area contributed by atoms with Crippen molar-refractivity contribution in [3.63, 3.8) is 0 Å². The van der Waals surface area contributed by atoms with Gasteiger partial charge >= 0.3 is 0 Å². The molecule has 1 fully saturated rings. The molecule has 4 aromatic rings. The molecular weight excluding hydrogens is 446 g/mol. The van der Waals surface area contributed by atoms with Crippen LogP contribution in [0.4, 0.5) is 0 Å². The molecule has 0 spiro atoms. The molecule has 0 aliphatic heterocycles. The maximum absolute atomic E-state index is 5.80. The molecule has 2 radical (unpaired) electrons. The maximum Gasteiger partial charge on any atom is 0.227 e. The van der Waals surface area contributed by atoms with Crippen molar-refractivity contribution in [2.75, 3.05) is 13.7 Å². The van der Waals surface area contributed by atoms with Gasteiger partial charge in [-0.25, -0.2) is 24.6 Å². The molecule has 4 aromatic heterocycles. The lowest BCUT2D eigenvalue weighted by Crippen LogP contribution is -2.11. The Bertz CT molecular complexity index is 1290. The number of hydrogen-bond donors (Lipinski definition) is 1. The molecule has 1 aliphatic carbocycles. The molecule has 1 saturated carbocycles. The molecule has 0 atom stereocenters. The van der Waals surface area contributed by atoms with Gasteiger partial charge in [0, 0.05) is 39.8 Å². The summed E-state index contributed by atoms with van der Waals surface area (Å²) in [5.74, 6) is 1.49. The van der Waals surface area contributed by atoms with E-state index in [0.29, 0.717) is 29.4 Å². The molecular formula is C24H29N7O2Si. The molecule has 0 unspecified atom stereocenters. The van der Waals surface area contributed by atoms with E-state index < -0.39 is 0 Å². The summed E-state index contributed by atoms with van der Waals surface area (Å²) in [5, 5.41) is 5.92. The summed E-state index contributed by atoms with van der Waals surface area (Å²) in [5.41, 5.74) is 4.19. The van der Waals surface area contributed by atoms with Crippen molar-refractivity contribution in [2.24, 2.45) is 0 Å². The van der Waals surface area contributed by atoms with E-state index in [1.807, 2.05) is 29.2 Å².